The van der Waals surface area contributed by atoms with E-state index in [4.69, 9.17) is 5.11 Å². The van der Waals surface area contributed by atoms with E-state index in [-0.39, 0.29) is 19.0 Å². The van der Waals surface area contributed by atoms with Crippen molar-refractivity contribution >= 4 is 12.4 Å². The highest BCUT2D eigenvalue weighted by Crippen LogP contribution is 1.85. The number of likely N-dealkylation sites (N-methyl/N-ethyl adjacent to an activating group) is 1. The minimum absolute atomic E-state index is 0. The van der Waals surface area contributed by atoms with Crippen LogP contribution < -0.4 is 0 Å². The highest BCUT2D eigenvalue weighted by Gasteiger charge is 1.98. The quantitative estimate of drug-likeness (QED) is 0.597. The molecular weight excluding hydrogens is 126 g/mol. The van der Waals surface area contributed by atoms with Crippen molar-refractivity contribution in [1.82, 2.24) is 4.90 Å². The Bertz CT molecular complexity index is 49.7. The molecule has 0 rings (SSSR count). The van der Waals surface area contributed by atoms with Gasteiger partial charge in [-0.3, -0.25) is 0 Å². The van der Waals surface area contributed by atoms with Gasteiger partial charge in [0.05, 0.1) is 6.61 Å². The minimum atomic E-state index is 0. The highest BCUT2D eigenvalue weighted by atomic mass is 35.5. The van der Waals surface area contributed by atoms with E-state index in [2.05, 4.69) is 0 Å². The van der Waals surface area contributed by atoms with Crippen LogP contribution in [0.2, 0.25) is 0 Å². The molecule has 1 N–H and O–H groups in total. The number of aliphatic hydroxyl groups is 1. The number of hydrogen-bond donors (Lipinski definition) is 1. The van der Waals surface area contributed by atoms with Gasteiger partial charge in [0.25, 0.3) is 0 Å². The highest BCUT2D eigenvalue weighted by molar-refractivity contribution is 5.85. The molecular formula is C5H14ClNO. The number of aliphatic hydroxyl groups excluding tert-OH is 1. The van der Waals surface area contributed by atoms with Gasteiger partial charge in [-0.1, -0.05) is 0 Å². The SMILES string of the molecule is C[C@@H](CO)N(C)C.Cl. The van der Waals surface area contributed by atoms with Crippen LogP contribution in [0.4, 0.5) is 0 Å². The molecule has 3 heteroatoms. The van der Waals surface area contributed by atoms with Crippen LogP contribution in [0.15, 0.2) is 0 Å². The second kappa shape index (κ2) is 5.35. The Balaban J connectivity index is 0. The second-order valence-electron chi connectivity index (χ2n) is 2.00. The first-order valence-corrected chi connectivity index (χ1v) is 2.45. The van der Waals surface area contributed by atoms with E-state index in [0.717, 1.165) is 0 Å². The molecule has 0 saturated carbocycles. The van der Waals surface area contributed by atoms with Crippen molar-refractivity contribution in [1.29, 1.82) is 0 Å². The fourth-order valence-electron chi connectivity index (χ4n) is 0.163. The summed E-state index contributed by atoms with van der Waals surface area (Å²) in [6, 6.07) is 0.292. The summed E-state index contributed by atoms with van der Waals surface area (Å²) in [5.41, 5.74) is 0. The third kappa shape index (κ3) is 4.37. The van der Waals surface area contributed by atoms with Gasteiger partial charge in [-0.15, -0.1) is 12.4 Å². The number of nitrogens with zero attached hydrogens (tertiary/aromatic N) is 1. The Hall–Kier alpha value is 0.210. The van der Waals surface area contributed by atoms with Crippen molar-refractivity contribution < 1.29 is 5.11 Å². The molecule has 0 aliphatic carbocycles. The molecule has 1 atom stereocenters. The van der Waals surface area contributed by atoms with Crippen LogP contribution in [0, 0.1) is 0 Å². The molecule has 0 saturated heterocycles. The molecule has 2 nitrogen and oxygen atoms in total. The molecule has 0 spiro atoms. The lowest BCUT2D eigenvalue weighted by Gasteiger charge is -2.15. The van der Waals surface area contributed by atoms with Crippen LogP contribution in [0.25, 0.3) is 0 Å². The summed E-state index contributed by atoms with van der Waals surface area (Å²) in [4.78, 5) is 1.97. The standard InChI is InChI=1S/C5H13NO.ClH/c1-5(4-7)6(2)3;/h5,7H,4H2,1-3H3;1H/t5-;/m0./s1. The van der Waals surface area contributed by atoms with E-state index in [9.17, 15) is 0 Å². The molecule has 0 aliphatic rings. The lowest BCUT2D eigenvalue weighted by atomic mass is 10.3. The molecule has 0 aromatic carbocycles. The van der Waals surface area contributed by atoms with E-state index in [1.54, 1.807) is 0 Å². The summed E-state index contributed by atoms with van der Waals surface area (Å²) >= 11 is 0. The Labute approximate surface area is 56.9 Å². The third-order valence-corrected chi connectivity index (χ3v) is 1.15. The van der Waals surface area contributed by atoms with Crippen molar-refractivity contribution in [2.45, 2.75) is 13.0 Å². The van der Waals surface area contributed by atoms with Gasteiger partial charge in [-0.2, -0.15) is 0 Å². The Morgan fingerprint density at radius 3 is 1.88 bits per heavy atom. The second-order valence-corrected chi connectivity index (χ2v) is 2.00. The molecule has 0 amide bonds. The molecule has 52 valence electrons. The Morgan fingerprint density at radius 2 is 1.88 bits per heavy atom. The maximum Gasteiger partial charge on any atom is 0.0583 e. The zero-order chi connectivity index (χ0) is 5.86. The van der Waals surface area contributed by atoms with Crippen LogP contribution in [0.5, 0.6) is 0 Å². The van der Waals surface area contributed by atoms with E-state index < -0.39 is 0 Å². The maximum atomic E-state index is 8.46. The molecule has 0 aromatic rings. The maximum absolute atomic E-state index is 8.46. The fraction of sp³-hybridized carbons (Fsp3) is 1.00. The normalized spacial score (nSPS) is 13.1. The van der Waals surface area contributed by atoms with Gasteiger partial charge >= 0.3 is 0 Å². The number of halogens is 1. The molecule has 0 aliphatic heterocycles. The van der Waals surface area contributed by atoms with Crippen LogP contribution in [-0.4, -0.2) is 36.8 Å². The smallest absolute Gasteiger partial charge is 0.0583 e. The minimum Gasteiger partial charge on any atom is -0.395 e. The van der Waals surface area contributed by atoms with Gasteiger partial charge in [0.2, 0.25) is 0 Å². The summed E-state index contributed by atoms with van der Waals surface area (Å²) in [5, 5.41) is 8.46. The first kappa shape index (κ1) is 11.1. The van der Waals surface area contributed by atoms with Gasteiger partial charge < -0.3 is 10.0 Å². The lowest BCUT2D eigenvalue weighted by Crippen LogP contribution is -2.27. The summed E-state index contributed by atoms with van der Waals surface area (Å²) in [6.07, 6.45) is 0. The Kier molecular flexibility index (Phi) is 7.40. The summed E-state index contributed by atoms with van der Waals surface area (Å²) < 4.78 is 0. The van der Waals surface area contributed by atoms with Crippen molar-refractivity contribution in [3.63, 3.8) is 0 Å². The molecule has 0 fully saturated rings. The average molecular weight is 140 g/mol. The van der Waals surface area contributed by atoms with Gasteiger partial charge in [0.1, 0.15) is 0 Å². The van der Waals surface area contributed by atoms with E-state index in [1.807, 2.05) is 25.9 Å². The number of hydrogen-bond acceptors (Lipinski definition) is 2. The topological polar surface area (TPSA) is 23.5 Å². The van der Waals surface area contributed by atoms with Crippen LogP contribution >= 0.6 is 12.4 Å². The van der Waals surface area contributed by atoms with Gasteiger partial charge in [-0.25, -0.2) is 0 Å². The lowest BCUT2D eigenvalue weighted by molar-refractivity contribution is 0.182. The molecule has 0 bridgehead atoms. The summed E-state index contributed by atoms with van der Waals surface area (Å²) in [5.74, 6) is 0. The molecule has 0 unspecified atom stereocenters. The molecule has 0 aromatic heterocycles. The monoisotopic (exact) mass is 139 g/mol. The van der Waals surface area contributed by atoms with E-state index in [0.29, 0.717) is 6.04 Å². The van der Waals surface area contributed by atoms with Crippen LogP contribution in [0.1, 0.15) is 6.92 Å². The predicted molar refractivity (Wildman–Crippen MR) is 37.5 cm³/mol. The molecule has 0 heterocycles. The Morgan fingerprint density at radius 1 is 1.50 bits per heavy atom. The van der Waals surface area contributed by atoms with Crippen molar-refractivity contribution in [2.24, 2.45) is 0 Å². The van der Waals surface area contributed by atoms with E-state index >= 15 is 0 Å². The van der Waals surface area contributed by atoms with Crippen molar-refractivity contribution in [3.05, 3.63) is 0 Å². The summed E-state index contributed by atoms with van der Waals surface area (Å²) in [7, 11) is 3.89. The van der Waals surface area contributed by atoms with E-state index in [1.165, 1.54) is 0 Å². The average Bonchev–Trinajstić information content (AvgIpc) is 1.65. The number of rotatable bonds is 2. The zero-order valence-corrected chi connectivity index (χ0v) is 6.40. The molecule has 0 radical (unpaired) electrons. The third-order valence-electron chi connectivity index (χ3n) is 1.15. The first-order chi connectivity index (χ1) is 3.18. The first-order valence-electron chi connectivity index (χ1n) is 2.45. The summed E-state index contributed by atoms with van der Waals surface area (Å²) in [6.45, 7) is 2.22. The predicted octanol–water partition coefficient (Wildman–Crippen LogP) is 0.351. The van der Waals surface area contributed by atoms with Gasteiger partial charge in [0, 0.05) is 6.04 Å². The van der Waals surface area contributed by atoms with Crippen molar-refractivity contribution in [2.75, 3.05) is 20.7 Å². The fourth-order valence-corrected chi connectivity index (χ4v) is 0.163. The van der Waals surface area contributed by atoms with Crippen LogP contribution in [-0.2, 0) is 0 Å². The van der Waals surface area contributed by atoms with Gasteiger partial charge in [0.15, 0.2) is 0 Å². The van der Waals surface area contributed by atoms with Crippen LogP contribution in [0.3, 0.4) is 0 Å². The molecule has 8 heavy (non-hydrogen) atoms. The van der Waals surface area contributed by atoms with Crippen molar-refractivity contribution in [3.8, 4) is 0 Å². The largest absolute Gasteiger partial charge is 0.395 e. The van der Waals surface area contributed by atoms with Gasteiger partial charge in [-0.05, 0) is 21.0 Å². The zero-order valence-electron chi connectivity index (χ0n) is 5.59.